The summed E-state index contributed by atoms with van der Waals surface area (Å²) in [5.41, 5.74) is 2.65. The van der Waals surface area contributed by atoms with Crippen LogP contribution in [0.5, 0.6) is 0 Å². The van der Waals surface area contributed by atoms with Gasteiger partial charge in [0.05, 0.1) is 6.61 Å². The number of fused-ring (bicyclic) bond motifs is 1. The van der Waals surface area contributed by atoms with E-state index in [0.717, 1.165) is 38.2 Å². The number of carbonyl (C=O) groups excluding carboxylic acids is 1. The van der Waals surface area contributed by atoms with Crippen LogP contribution in [0.15, 0.2) is 12.1 Å². The van der Waals surface area contributed by atoms with Crippen LogP contribution in [0.1, 0.15) is 37.4 Å². The molecular weight excluding hydrogens is 266 g/mol. The fourth-order valence-corrected chi connectivity index (χ4v) is 3.13. The van der Waals surface area contributed by atoms with Crippen LogP contribution in [0.2, 0.25) is 0 Å². The molecule has 5 heteroatoms. The molecule has 0 aromatic carbocycles. The summed E-state index contributed by atoms with van der Waals surface area (Å²) >= 11 is 0. The second-order valence-corrected chi connectivity index (χ2v) is 5.76. The number of hydrogen-bond donors (Lipinski definition) is 1. The van der Waals surface area contributed by atoms with Crippen molar-refractivity contribution in [1.82, 2.24) is 9.88 Å². The predicted octanol–water partition coefficient (Wildman–Crippen LogP) is 2.60. The molecule has 0 atom stereocenters. The van der Waals surface area contributed by atoms with Gasteiger partial charge in [0.2, 0.25) is 0 Å². The standard InChI is InChI=1S/C16H23N3O2/c1-2-21-16(20)19-10-8-13(9-11-19)17-15-7-6-12-4-3-5-14(12)18-15/h6-7,13H,2-5,8-11H2,1H3,(H,17,18). The highest BCUT2D eigenvalue weighted by atomic mass is 16.6. The van der Waals surface area contributed by atoms with Gasteiger partial charge in [-0.25, -0.2) is 9.78 Å². The molecule has 1 aromatic rings. The number of nitrogens with zero attached hydrogens (tertiary/aromatic N) is 2. The van der Waals surface area contributed by atoms with Crippen LogP contribution in [0.25, 0.3) is 0 Å². The van der Waals surface area contributed by atoms with Crippen molar-refractivity contribution in [3.8, 4) is 0 Å². The molecule has 1 fully saturated rings. The molecule has 3 rings (SSSR count). The molecule has 1 N–H and O–H groups in total. The monoisotopic (exact) mass is 289 g/mol. The van der Waals surface area contributed by atoms with Crippen molar-refractivity contribution in [1.29, 1.82) is 0 Å². The third-order valence-corrected chi connectivity index (χ3v) is 4.30. The second-order valence-electron chi connectivity index (χ2n) is 5.76. The van der Waals surface area contributed by atoms with Gasteiger partial charge in [-0.3, -0.25) is 0 Å². The van der Waals surface area contributed by atoms with Crippen molar-refractivity contribution >= 4 is 11.9 Å². The Bertz CT molecular complexity index is 510. The maximum Gasteiger partial charge on any atom is 0.409 e. The van der Waals surface area contributed by atoms with Gasteiger partial charge in [-0.2, -0.15) is 0 Å². The van der Waals surface area contributed by atoms with Crippen LogP contribution in [-0.2, 0) is 17.6 Å². The van der Waals surface area contributed by atoms with Crippen molar-refractivity contribution < 1.29 is 9.53 Å². The van der Waals surface area contributed by atoms with Gasteiger partial charge in [-0.05, 0) is 50.7 Å². The average molecular weight is 289 g/mol. The van der Waals surface area contributed by atoms with Gasteiger partial charge in [-0.1, -0.05) is 6.07 Å². The Balaban J connectivity index is 1.52. The Morgan fingerprint density at radius 2 is 2.19 bits per heavy atom. The lowest BCUT2D eigenvalue weighted by Gasteiger charge is -2.31. The molecule has 2 heterocycles. The van der Waals surface area contributed by atoms with Gasteiger partial charge in [0.25, 0.3) is 0 Å². The largest absolute Gasteiger partial charge is 0.450 e. The number of aryl methyl sites for hydroxylation is 2. The lowest BCUT2D eigenvalue weighted by molar-refractivity contribution is 0.0983. The number of anilines is 1. The van der Waals surface area contributed by atoms with E-state index in [0.29, 0.717) is 12.6 Å². The first-order chi connectivity index (χ1) is 10.3. The van der Waals surface area contributed by atoms with Gasteiger partial charge in [0, 0.05) is 24.8 Å². The van der Waals surface area contributed by atoms with Gasteiger partial charge < -0.3 is 15.0 Å². The minimum atomic E-state index is -0.188. The van der Waals surface area contributed by atoms with Crippen LogP contribution in [0.4, 0.5) is 10.6 Å². The molecule has 0 radical (unpaired) electrons. The van der Waals surface area contributed by atoms with Crippen LogP contribution in [0.3, 0.4) is 0 Å². The lowest BCUT2D eigenvalue weighted by Crippen LogP contribution is -2.42. The fraction of sp³-hybridized carbons (Fsp3) is 0.625. The van der Waals surface area contributed by atoms with E-state index in [4.69, 9.17) is 9.72 Å². The molecule has 1 saturated heterocycles. The Morgan fingerprint density at radius 1 is 1.38 bits per heavy atom. The summed E-state index contributed by atoms with van der Waals surface area (Å²) < 4.78 is 5.04. The summed E-state index contributed by atoms with van der Waals surface area (Å²) in [6.45, 7) is 3.78. The molecular formula is C16H23N3O2. The number of carbonyl (C=O) groups is 1. The van der Waals surface area contributed by atoms with E-state index in [9.17, 15) is 4.79 Å². The number of ether oxygens (including phenoxy) is 1. The third-order valence-electron chi connectivity index (χ3n) is 4.30. The number of hydrogen-bond acceptors (Lipinski definition) is 4. The van der Waals surface area contributed by atoms with E-state index in [-0.39, 0.29) is 6.09 Å². The molecule has 0 saturated carbocycles. The smallest absolute Gasteiger partial charge is 0.409 e. The zero-order valence-corrected chi connectivity index (χ0v) is 12.6. The van der Waals surface area contributed by atoms with Crippen LogP contribution in [0, 0.1) is 0 Å². The summed E-state index contributed by atoms with van der Waals surface area (Å²) in [5, 5.41) is 3.51. The number of amides is 1. The summed E-state index contributed by atoms with van der Waals surface area (Å²) in [6, 6.07) is 4.68. The van der Waals surface area contributed by atoms with Crippen LogP contribution in [-0.4, -0.2) is 41.7 Å². The van der Waals surface area contributed by atoms with Gasteiger partial charge >= 0.3 is 6.09 Å². The van der Waals surface area contributed by atoms with Crippen molar-refractivity contribution in [3.63, 3.8) is 0 Å². The van der Waals surface area contributed by atoms with Crippen LogP contribution < -0.4 is 5.32 Å². The first-order valence-corrected chi connectivity index (χ1v) is 7.93. The molecule has 1 amide bonds. The molecule has 21 heavy (non-hydrogen) atoms. The van der Waals surface area contributed by atoms with E-state index in [1.165, 1.54) is 24.1 Å². The molecule has 1 aromatic heterocycles. The van der Waals surface area contributed by atoms with Gasteiger partial charge in [0.15, 0.2) is 0 Å². The second kappa shape index (κ2) is 6.33. The lowest BCUT2D eigenvalue weighted by atomic mass is 10.1. The molecule has 0 spiro atoms. The average Bonchev–Trinajstić information content (AvgIpc) is 2.96. The molecule has 0 bridgehead atoms. The number of nitrogens with one attached hydrogen (secondary N) is 1. The van der Waals surface area contributed by atoms with E-state index < -0.39 is 0 Å². The molecule has 1 aliphatic heterocycles. The Kier molecular flexibility index (Phi) is 4.27. The highest BCUT2D eigenvalue weighted by molar-refractivity contribution is 5.67. The van der Waals surface area contributed by atoms with Crippen LogP contribution >= 0.6 is 0 Å². The van der Waals surface area contributed by atoms with Crippen molar-refractivity contribution in [3.05, 3.63) is 23.4 Å². The zero-order valence-electron chi connectivity index (χ0n) is 12.6. The van der Waals surface area contributed by atoms with E-state index in [1.807, 2.05) is 6.92 Å². The third kappa shape index (κ3) is 3.28. The zero-order chi connectivity index (χ0) is 14.7. The Labute approximate surface area is 125 Å². The molecule has 5 nitrogen and oxygen atoms in total. The number of likely N-dealkylation sites (tertiary alicyclic amines) is 1. The quantitative estimate of drug-likeness (QED) is 0.929. The normalized spacial score (nSPS) is 18.4. The predicted molar refractivity (Wildman–Crippen MR) is 81.5 cm³/mol. The maximum atomic E-state index is 11.7. The summed E-state index contributed by atoms with van der Waals surface area (Å²) in [7, 11) is 0. The molecule has 1 aliphatic carbocycles. The first-order valence-electron chi connectivity index (χ1n) is 7.93. The summed E-state index contributed by atoms with van der Waals surface area (Å²) in [6.07, 6.45) is 5.19. The van der Waals surface area contributed by atoms with E-state index in [2.05, 4.69) is 17.4 Å². The summed E-state index contributed by atoms with van der Waals surface area (Å²) in [4.78, 5) is 18.2. The number of pyridine rings is 1. The SMILES string of the molecule is CCOC(=O)N1CCC(Nc2ccc3c(n2)CCC3)CC1. The Hall–Kier alpha value is -1.78. The maximum absolute atomic E-state index is 11.7. The highest BCUT2D eigenvalue weighted by Crippen LogP contribution is 2.23. The molecule has 2 aliphatic rings. The van der Waals surface area contributed by atoms with Gasteiger partial charge in [-0.15, -0.1) is 0 Å². The number of rotatable bonds is 3. The highest BCUT2D eigenvalue weighted by Gasteiger charge is 2.24. The molecule has 114 valence electrons. The van der Waals surface area contributed by atoms with Crippen molar-refractivity contribution in [2.75, 3.05) is 25.0 Å². The van der Waals surface area contributed by atoms with E-state index >= 15 is 0 Å². The molecule has 0 unspecified atom stereocenters. The summed E-state index contributed by atoms with van der Waals surface area (Å²) in [5.74, 6) is 0.977. The Morgan fingerprint density at radius 3 is 2.95 bits per heavy atom. The minimum Gasteiger partial charge on any atom is -0.450 e. The number of aromatic nitrogens is 1. The van der Waals surface area contributed by atoms with E-state index in [1.54, 1.807) is 4.90 Å². The van der Waals surface area contributed by atoms with Crippen molar-refractivity contribution in [2.45, 2.75) is 45.1 Å². The topological polar surface area (TPSA) is 54.5 Å². The van der Waals surface area contributed by atoms with Crippen molar-refractivity contribution in [2.24, 2.45) is 0 Å². The van der Waals surface area contributed by atoms with Gasteiger partial charge in [0.1, 0.15) is 5.82 Å². The first kappa shape index (κ1) is 14.2. The number of piperidine rings is 1. The fourth-order valence-electron chi connectivity index (χ4n) is 3.13. The minimum absolute atomic E-state index is 0.188.